The minimum absolute atomic E-state index is 0.115. The zero-order valence-electron chi connectivity index (χ0n) is 17.4. The van der Waals surface area contributed by atoms with E-state index >= 15 is 0 Å². The number of nitrogens with one attached hydrogen (secondary N) is 1. The summed E-state index contributed by atoms with van der Waals surface area (Å²) in [7, 11) is -3.71. The highest BCUT2D eigenvalue weighted by Crippen LogP contribution is 2.30. The summed E-state index contributed by atoms with van der Waals surface area (Å²) in [4.78, 5) is 15.5. The van der Waals surface area contributed by atoms with Crippen LogP contribution in [-0.4, -0.2) is 58.0 Å². The summed E-state index contributed by atoms with van der Waals surface area (Å²) < 4.78 is 33.0. The van der Waals surface area contributed by atoms with E-state index < -0.39 is 10.0 Å². The van der Waals surface area contributed by atoms with Gasteiger partial charge < -0.3 is 15.0 Å². The Morgan fingerprint density at radius 3 is 2.42 bits per heavy atom. The molecule has 2 fully saturated rings. The predicted octanol–water partition coefficient (Wildman–Crippen LogP) is 3.52. The highest BCUT2D eigenvalue weighted by molar-refractivity contribution is 7.89. The summed E-state index contributed by atoms with van der Waals surface area (Å²) in [6.07, 6.45) is 2.09. The zero-order valence-corrected chi connectivity index (χ0v) is 19.0. The molecule has 0 radical (unpaired) electrons. The first-order valence-electron chi connectivity index (χ1n) is 10.4. The first-order chi connectivity index (χ1) is 14.9. The molecule has 2 aliphatic heterocycles. The third-order valence-corrected chi connectivity index (χ3v) is 8.00. The van der Waals surface area contributed by atoms with E-state index in [1.807, 2.05) is 13.0 Å². The fourth-order valence-corrected chi connectivity index (χ4v) is 5.51. The number of morpholine rings is 1. The number of amides is 1. The van der Waals surface area contributed by atoms with Crippen LogP contribution < -0.4 is 10.2 Å². The Morgan fingerprint density at radius 1 is 1.03 bits per heavy atom. The third kappa shape index (κ3) is 4.72. The molecule has 1 amide bonds. The van der Waals surface area contributed by atoms with Crippen LogP contribution in [0.25, 0.3) is 0 Å². The molecule has 0 atom stereocenters. The van der Waals surface area contributed by atoms with E-state index in [1.165, 1.54) is 10.4 Å². The van der Waals surface area contributed by atoms with Crippen molar-refractivity contribution >= 4 is 38.9 Å². The Hall–Kier alpha value is -2.13. The summed E-state index contributed by atoms with van der Waals surface area (Å²) in [6.45, 7) is 4.91. The summed E-state index contributed by atoms with van der Waals surface area (Å²) in [5.74, 6) is -0.360. The topological polar surface area (TPSA) is 79.0 Å². The van der Waals surface area contributed by atoms with Gasteiger partial charge >= 0.3 is 0 Å². The Kier molecular flexibility index (Phi) is 6.52. The molecule has 2 aromatic carbocycles. The fraction of sp³-hybridized carbons (Fsp3) is 0.409. The Labute approximate surface area is 188 Å². The number of benzene rings is 2. The predicted molar refractivity (Wildman–Crippen MR) is 122 cm³/mol. The molecule has 2 aromatic rings. The second-order valence-corrected chi connectivity index (χ2v) is 10.2. The van der Waals surface area contributed by atoms with Crippen molar-refractivity contribution in [2.75, 3.05) is 49.6 Å². The van der Waals surface area contributed by atoms with Gasteiger partial charge in [0.15, 0.2) is 0 Å². The molecular weight excluding hydrogens is 438 g/mol. The van der Waals surface area contributed by atoms with E-state index in [0.29, 0.717) is 42.6 Å². The number of aryl methyl sites for hydroxylation is 1. The van der Waals surface area contributed by atoms with Crippen molar-refractivity contribution in [1.82, 2.24) is 4.31 Å². The van der Waals surface area contributed by atoms with Gasteiger partial charge in [-0.25, -0.2) is 8.42 Å². The second-order valence-electron chi connectivity index (χ2n) is 7.81. The van der Waals surface area contributed by atoms with Gasteiger partial charge in [0.2, 0.25) is 10.0 Å². The standard InChI is InChI=1S/C22H26ClN3O4S/c1-16-4-5-17(14-20(16)23)24-22(27)19-15-18(6-7-21(19)25-8-2-3-9-25)31(28,29)26-10-12-30-13-11-26/h4-7,14-15H,2-3,8-13H2,1H3,(H,24,27). The van der Waals surface area contributed by atoms with Crippen LogP contribution in [0, 0.1) is 6.92 Å². The molecule has 2 aliphatic rings. The maximum absolute atomic E-state index is 13.2. The van der Waals surface area contributed by atoms with Gasteiger partial charge in [-0.15, -0.1) is 0 Å². The van der Waals surface area contributed by atoms with Crippen LogP contribution >= 0.6 is 11.6 Å². The lowest BCUT2D eigenvalue weighted by atomic mass is 10.1. The highest BCUT2D eigenvalue weighted by Gasteiger charge is 2.29. The molecule has 4 rings (SSSR count). The lowest BCUT2D eigenvalue weighted by Gasteiger charge is -2.27. The van der Waals surface area contributed by atoms with Crippen LogP contribution in [0.5, 0.6) is 0 Å². The molecule has 0 spiro atoms. The molecule has 2 heterocycles. The average molecular weight is 464 g/mol. The Morgan fingerprint density at radius 2 is 1.74 bits per heavy atom. The zero-order chi connectivity index (χ0) is 22.0. The molecule has 7 nitrogen and oxygen atoms in total. The van der Waals surface area contributed by atoms with Gasteiger partial charge in [-0.3, -0.25) is 4.79 Å². The molecule has 0 bridgehead atoms. The van der Waals surface area contributed by atoms with Gasteiger partial charge in [0.05, 0.1) is 23.7 Å². The molecule has 31 heavy (non-hydrogen) atoms. The van der Waals surface area contributed by atoms with Crippen molar-refractivity contribution in [3.05, 3.63) is 52.5 Å². The molecule has 0 unspecified atom stereocenters. The number of carbonyl (C=O) groups is 1. The minimum Gasteiger partial charge on any atom is -0.379 e. The monoisotopic (exact) mass is 463 g/mol. The number of hydrogen-bond acceptors (Lipinski definition) is 5. The van der Waals surface area contributed by atoms with Crippen molar-refractivity contribution in [3.8, 4) is 0 Å². The van der Waals surface area contributed by atoms with Crippen molar-refractivity contribution in [2.45, 2.75) is 24.7 Å². The fourth-order valence-electron chi connectivity index (χ4n) is 3.90. The van der Waals surface area contributed by atoms with Crippen LogP contribution in [0.15, 0.2) is 41.3 Å². The van der Waals surface area contributed by atoms with Gasteiger partial charge in [-0.05, 0) is 55.7 Å². The minimum atomic E-state index is -3.71. The number of rotatable bonds is 5. The molecule has 2 saturated heterocycles. The van der Waals surface area contributed by atoms with Crippen molar-refractivity contribution < 1.29 is 17.9 Å². The number of nitrogens with zero attached hydrogens (tertiary/aromatic N) is 2. The summed E-state index contributed by atoms with van der Waals surface area (Å²) in [5, 5.41) is 3.43. The molecular formula is C22H26ClN3O4S. The van der Waals surface area contributed by atoms with Crippen molar-refractivity contribution in [1.29, 1.82) is 0 Å². The lowest BCUT2D eigenvalue weighted by Crippen LogP contribution is -2.40. The smallest absolute Gasteiger partial charge is 0.257 e. The number of anilines is 2. The van der Waals surface area contributed by atoms with Crippen LogP contribution in [0.2, 0.25) is 5.02 Å². The molecule has 0 saturated carbocycles. The number of hydrogen-bond donors (Lipinski definition) is 1. The lowest BCUT2D eigenvalue weighted by molar-refractivity contribution is 0.0730. The van der Waals surface area contributed by atoms with Crippen LogP contribution in [0.3, 0.4) is 0 Å². The van der Waals surface area contributed by atoms with Crippen molar-refractivity contribution in [2.24, 2.45) is 0 Å². The van der Waals surface area contributed by atoms with Crippen LogP contribution in [0.1, 0.15) is 28.8 Å². The van der Waals surface area contributed by atoms with Crippen molar-refractivity contribution in [3.63, 3.8) is 0 Å². The number of ether oxygens (including phenoxy) is 1. The maximum Gasteiger partial charge on any atom is 0.257 e. The summed E-state index contributed by atoms with van der Waals surface area (Å²) in [6, 6.07) is 10.1. The Bertz CT molecular complexity index is 1080. The number of sulfonamides is 1. The Balaban J connectivity index is 1.69. The SMILES string of the molecule is Cc1ccc(NC(=O)c2cc(S(=O)(=O)N3CCOCC3)ccc2N2CCCC2)cc1Cl. The van der Waals surface area contributed by atoms with Crippen LogP contribution in [-0.2, 0) is 14.8 Å². The van der Waals surface area contributed by atoms with Gasteiger partial charge in [-0.2, -0.15) is 4.31 Å². The van der Waals surface area contributed by atoms with E-state index in [2.05, 4.69) is 10.2 Å². The largest absolute Gasteiger partial charge is 0.379 e. The van der Waals surface area contributed by atoms with E-state index in [-0.39, 0.29) is 10.8 Å². The normalized spacial score (nSPS) is 17.7. The van der Waals surface area contributed by atoms with E-state index in [9.17, 15) is 13.2 Å². The van der Waals surface area contributed by atoms with Gasteiger partial charge in [-0.1, -0.05) is 17.7 Å². The third-order valence-electron chi connectivity index (χ3n) is 5.70. The van der Waals surface area contributed by atoms with Gasteiger partial charge in [0.25, 0.3) is 5.91 Å². The highest BCUT2D eigenvalue weighted by atomic mass is 35.5. The van der Waals surface area contributed by atoms with Gasteiger partial charge in [0, 0.05) is 42.6 Å². The molecule has 0 aromatic heterocycles. The first-order valence-corrected chi connectivity index (χ1v) is 12.2. The number of halogens is 1. The number of carbonyl (C=O) groups excluding carboxylic acids is 1. The molecule has 0 aliphatic carbocycles. The first kappa shape index (κ1) is 22.1. The molecule has 1 N–H and O–H groups in total. The van der Waals surface area contributed by atoms with E-state index in [4.69, 9.17) is 16.3 Å². The van der Waals surface area contributed by atoms with Gasteiger partial charge in [0.1, 0.15) is 0 Å². The summed E-state index contributed by atoms with van der Waals surface area (Å²) in [5.41, 5.74) is 2.56. The van der Waals surface area contributed by atoms with E-state index in [1.54, 1.807) is 24.3 Å². The second kappa shape index (κ2) is 9.16. The molecule has 166 valence electrons. The van der Waals surface area contributed by atoms with Crippen LogP contribution in [0.4, 0.5) is 11.4 Å². The maximum atomic E-state index is 13.2. The quantitative estimate of drug-likeness (QED) is 0.733. The average Bonchev–Trinajstić information content (AvgIpc) is 3.31. The van der Waals surface area contributed by atoms with E-state index in [0.717, 1.165) is 37.2 Å². The summed E-state index contributed by atoms with van der Waals surface area (Å²) >= 11 is 6.19. The molecule has 9 heteroatoms.